The maximum atomic E-state index is 5.38. The summed E-state index contributed by atoms with van der Waals surface area (Å²) < 4.78 is 10.7. The maximum absolute atomic E-state index is 5.38. The molecule has 1 aliphatic heterocycles. The van der Waals surface area contributed by atoms with E-state index in [0.29, 0.717) is 0 Å². The highest BCUT2D eigenvalue weighted by atomic mass is 16.5. The van der Waals surface area contributed by atoms with Crippen LogP contribution in [-0.4, -0.2) is 43.3 Å². The SMILES string of the molecule is CO[C@@H](C)c1ccc(-c2ccc(CN3CCOCC3)cn2)cc1. The molecule has 1 aliphatic rings. The van der Waals surface area contributed by atoms with Crippen LogP contribution in [0.5, 0.6) is 0 Å². The molecule has 0 aliphatic carbocycles. The first-order chi connectivity index (χ1) is 11.3. The van der Waals surface area contributed by atoms with Gasteiger partial charge in [-0.1, -0.05) is 30.3 Å². The molecule has 0 spiro atoms. The van der Waals surface area contributed by atoms with E-state index < -0.39 is 0 Å². The predicted octanol–water partition coefficient (Wildman–Crippen LogP) is 3.29. The van der Waals surface area contributed by atoms with Crippen molar-refractivity contribution in [2.24, 2.45) is 0 Å². The number of methoxy groups -OCH3 is 1. The van der Waals surface area contributed by atoms with Crippen molar-refractivity contribution in [2.45, 2.75) is 19.6 Å². The second kappa shape index (κ2) is 7.68. The first kappa shape index (κ1) is 16.1. The lowest BCUT2D eigenvalue weighted by Gasteiger charge is -2.26. The minimum absolute atomic E-state index is 0.118. The number of rotatable bonds is 5. The third kappa shape index (κ3) is 4.16. The average molecular weight is 312 g/mol. The molecule has 4 nitrogen and oxygen atoms in total. The Labute approximate surface area is 138 Å². The molecule has 0 amide bonds. The van der Waals surface area contributed by atoms with Crippen LogP contribution in [0.15, 0.2) is 42.6 Å². The third-order valence-corrected chi connectivity index (χ3v) is 4.36. The van der Waals surface area contributed by atoms with Crippen molar-refractivity contribution in [1.29, 1.82) is 0 Å². The lowest BCUT2D eigenvalue weighted by molar-refractivity contribution is 0.0341. The standard InChI is InChI=1S/C19H24N2O2/c1-15(22-2)17-4-6-18(7-5-17)19-8-3-16(13-20-19)14-21-9-11-23-12-10-21/h3-8,13,15H,9-12,14H2,1-2H3/t15-/m0/s1. The van der Waals surface area contributed by atoms with Gasteiger partial charge < -0.3 is 9.47 Å². The Bertz CT molecular complexity index is 604. The topological polar surface area (TPSA) is 34.6 Å². The highest BCUT2D eigenvalue weighted by Gasteiger charge is 2.11. The Morgan fingerprint density at radius 2 is 1.87 bits per heavy atom. The highest BCUT2D eigenvalue weighted by molar-refractivity contribution is 5.59. The fourth-order valence-corrected chi connectivity index (χ4v) is 2.77. The molecule has 1 aromatic carbocycles. The summed E-state index contributed by atoms with van der Waals surface area (Å²) in [6, 6.07) is 12.7. The number of aromatic nitrogens is 1. The largest absolute Gasteiger partial charge is 0.379 e. The molecular formula is C19H24N2O2. The monoisotopic (exact) mass is 312 g/mol. The molecule has 0 unspecified atom stereocenters. The van der Waals surface area contributed by atoms with E-state index in [1.807, 2.05) is 13.1 Å². The number of morpholine rings is 1. The first-order valence-electron chi connectivity index (χ1n) is 8.14. The second-order valence-corrected chi connectivity index (χ2v) is 5.94. The number of nitrogens with zero attached hydrogens (tertiary/aromatic N) is 2. The van der Waals surface area contributed by atoms with Crippen LogP contribution in [0.25, 0.3) is 11.3 Å². The summed E-state index contributed by atoms with van der Waals surface area (Å²) in [5.41, 5.74) is 4.57. The number of pyridine rings is 1. The third-order valence-electron chi connectivity index (χ3n) is 4.36. The van der Waals surface area contributed by atoms with Gasteiger partial charge in [0.1, 0.15) is 0 Å². The van der Waals surface area contributed by atoms with Gasteiger partial charge in [-0.05, 0) is 24.1 Å². The van der Waals surface area contributed by atoms with E-state index in [1.54, 1.807) is 7.11 Å². The van der Waals surface area contributed by atoms with Crippen LogP contribution in [0.3, 0.4) is 0 Å². The lowest BCUT2D eigenvalue weighted by atomic mass is 10.1. The zero-order valence-corrected chi connectivity index (χ0v) is 13.9. The zero-order chi connectivity index (χ0) is 16.1. The Balaban J connectivity index is 1.66. The summed E-state index contributed by atoms with van der Waals surface area (Å²) in [6.07, 6.45) is 2.10. The van der Waals surface area contributed by atoms with Gasteiger partial charge in [0.15, 0.2) is 0 Å². The molecule has 1 fully saturated rings. The van der Waals surface area contributed by atoms with E-state index >= 15 is 0 Å². The van der Waals surface area contributed by atoms with Gasteiger partial charge >= 0.3 is 0 Å². The molecule has 1 saturated heterocycles. The quantitative estimate of drug-likeness (QED) is 0.848. The summed E-state index contributed by atoms with van der Waals surface area (Å²) >= 11 is 0. The normalized spacial score (nSPS) is 17.1. The number of benzene rings is 1. The molecule has 3 rings (SSSR count). The molecule has 1 aromatic heterocycles. The van der Waals surface area contributed by atoms with Crippen molar-refractivity contribution < 1.29 is 9.47 Å². The van der Waals surface area contributed by atoms with Crippen molar-refractivity contribution >= 4 is 0 Å². The molecule has 122 valence electrons. The van der Waals surface area contributed by atoms with Crippen LogP contribution >= 0.6 is 0 Å². The molecule has 0 radical (unpaired) electrons. The van der Waals surface area contributed by atoms with Gasteiger partial charge in [-0.3, -0.25) is 9.88 Å². The predicted molar refractivity (Wildman–Crippen MR) is 91.2 cm³/mol. The van der Waals surface area contributed by atoms with Crippen LogP contribution in [0.2, 0.25) is 0 Å². The molecule has 1 atom stereocenters. The molecule has 23 heavy (non-hydrogen) atoms. The van der Waals surface area contributed by atoms with Gasteiger partial charge in [0, 0.05) is 38.5 Å². The van der Waals surface area contributed by atoms with E-state index in [4.69, 9.17) is 9.47 Å². The number of hydrogen-bond donors (Lipinski definition) is 0. The van der Waals surface area contributed by atoms with Gasteiger partial charge in [0.25, 0.3) is 0 Å². The van der Waals surface area contributed by atoms with Gasteiger partial charge in [-0.25, -0.2) is 0 Å². The first-order valence-corrected chi connectivity index (χ1v) is 8.14. The maximum Gasteiger partial charge on any atom is 0.0793 e. The van der Waals surface area contributed by atoms with Crippen molar-refractivity contribution in [3.63, 3.8) is 0 Å². The van der Waals surface area contributed by atoms with Gasteiger partial charge in [-0.2, -0.15) is 0 Å². The molecule has 0 N–H and O–H groups in total. The van der Waals surface area contributed by atoms with E-state index in [-0.39, 0.29) is 6.10 Å². The van der Waals surface area contributed by atoms with E-state index in [9.17, 15) is 0 Å². The van der Waals surface area contributed by atoms with Gasteiger partial charge in [0.05, 0.1) is 25.0 Å². The Morgan fingerprint density at radius 1 is 1.13 bits per heavy atom. The Kier molecular flexibility index (Phi) is 5.39. The lowest BCUT2D eigenvalue weighted by Crippen LogP contribution is -2.35. The van der Waals surface area contributed by atoms with Crippen LogP contribution in [-0.2, 0) is 16.0 Å². The van der Waals surface area contributed by atoms with Gasteiger partial charge in [-0.15, -0.1) is 0 Å². The number of ether oxygens (including phenoxy) is 2. The molecule has 4 heteroatoms. The summed E-state index contributed by atoms with van der Waals surface area (Å²) in [5, 5.41) is 0. The van der Waals surface area contributed by atoms with E-state index in [0.717, 1.165) is 44.1 Å². The minimum Gasteiger partial charge on any atom is -0.379 e. The van der Waals surface area contributed by atoms with E-state index in [2.05, 4.69) is 46.3 Å². The van der Waals surface area contributed by atoms with Crippen LogP contribution in [0.1, 0.15) is 24.2 Å². The fraction of sp³-hybridized carbons (Fsp3) is 0.421. The van der Waals surface area contributed by atoms with Crippen molar-refractivity contribution in [2.75, 3.05) is 33.4 Å². The molecule has 0 saturated carbocycles. The van der Waals surface area contributed by atoms with Crippen molar-refractivity contribution in [1.82, 2.24) is 9.88 Å². The highest BCUT2D eigenvalue weighted by Crippen LogP contribution is 2.22. The van der Waals surface area contributed by atoms with Crippen molar-refractivity contribution in [3.05, 3.63) is 53.7 Å². The molecule has 2 heterocycles. The molecular weight excluding hydrogens is 288 g/mol. The smallest absolute Gasteiger partial charge is 0.0793 e. The second-order valence-electron chi connectivity index (χ2n) is 5.94. The summed E-state index contributed by atoms with van der Waals surface area (Å²) in [5.74, 6) is 0. The zero-order valence-electron chi connectivity index (χ0n) is 13.9. The van der Waals surface area contributed by atoms with Crippen molar-refractivity contribution in [3.8, 4) is 11.3 Å². The molecule has 0 bridgehead atoms. The van der Waals surface area contributed by atoms with E-state index in [1.165, 1.54) is 11.1 Å². The van der Waals surface area contributed by atoms with Crippen LogP contribution in [0.4, 0.5) is 0 Å². The number of hydrogen-bond acceptors (Lipinski definition) is 4. The molecule has 2 aromatic rings. The minimum atomic E-state index is 0.118. The Morgan fingerprint density at radius 3 is 2.48 bits per heavy atom. The summed E-state index contributed by atoms with van der Waals surface area (Å²) in [4.78, 5) is 7.02. The van der Waals surface area contributed by atoms with Crippen LogP contribution in [0, 0.1) is 0 Å². The summed E-state index contributed by atoms with van der Waals surface area (Å²) in [6.45, 7) is 6.66. The Hall–Kier alpha value is -1.75. The summed E-state index contributed by atoms with van der Waals surface area (Å²) in [7, 11) is 1.73. The average Bonchev–Trinajstić information content (AvgIpc) is 2.63. The van der Waals surface area contributed by atoms with Gasteiger partial charge in [0.2, 0.25) is 0 Å². The fourth-order valence-electron chi connectivity index (χ4n) is 2.77. The van der Waals surface area contributed by atoms with Crippen LogP contribution < -0.4 is 0 Å².